The van der Waals surface area contributed by atoms with Crippen molar-refractivity contribution in [3.05, 3.63) is 16.7 Å². The van der Waals surface area contributed by atoms with E-state index in [1.165, 1.54) is 12.3 Å². The molecule has 1 aromatic rings. The third kappa shape index (κ3) is 5.96. The number of nitrogens with zero attached hydrogens (tertiary/aromatic N) is 1. The Bertz CT molecular complexity index is 594. The summed E-state index contributed by atoms with van der Waals surface area (Å²) >= 11 is 3.19. The van der Waals surface area contributed by atoms with Gasteiger partial charge in [-0.15, -0.1) is 0 Å². The summed E-state index contributed by atoms with van der Waals surface area (Å²) in [5.41, 5.74) is 4.90. The minimum atomic E-state index is -3.74. The van der Waals surface area contributed by atoms with Crippen molar-refractivity contribution in [2.24, 2.45) is 5.73 Å². The van der Waals surface area contributed by atoms with Crippen molar-refractivity contribution in [1.29, 1.82) is 0 Å². The number of pyridine rings is 1. The fourth-order valence-electron chi connectivity index (χ4n) is 1.42. The second kappa shape index (κ2) is 8.27. The minimum absolute atomic E-state index is 0.0215. The van der Waals surface area contributed by atoms with E-state index in [9.17, 15) is 13.2 Å². The quantitative estimate of drug-likeness (QED) is 0.520. The molecule has 0 aliphatic heterocycles. The first-order chi connectivity index (χ1) is 9.86. The Morgan fingerprint density at radius 2 is 2.24 bits per heavy atom. The van der Waals surface area contributed by atoms with Crippen LogP contribution in [0, 0.1) is 0 Å². The maximum atomic E-state index is 12.2. The van der Waals surface area contributed by atoms with Gasteiger partial charge in [0.25, 0.3) is 0 Å². The number of ether oxygens (including phenoxy) is 1. The lowest BCUT2D eigenvalue weighted by molar-refractivity contribution is -0.122. The van der Waals surface area contributed by atoms with Crippen molar-refractivity contribution in [2.45, 2.75) is 11.8 Å². The molecular formula is C11H17BrN4O4S. The van der Waals surface area contributed by atoms with Crippen LogP contribution in [0.5, 0.6) is 0 Å². The molecule has 1 rings (SSSR count). The summed E-state index contributed by atoms with van der Waals surface area (Å²) in [6.07, 6.45) is 1.51. The SMILES string of the molecule is CCNc1ncc(Br)cc1S(=O)(=O)NCCOCC(N)=O. The molecule has 4 N–H and O–H groups in total. The Balaban J connectivity index is 2.73. The van der Waals surface area contributed by atoms with E-state index in [0.717, 1.165) is 0 Å². The van der Waals surface area contributed by atoms with E-state index < -0.39 is 15.9 Å². The number of carbonyl (C=O) groups is 1. The van der Waals surface area contributed by atoms with Crippen LogP contribution in [0.1, 0.15) is 6.92 Å². The molecule has 10 heteroatoms. The molecule has 1 amide bonds. The number of hydrogen-bond donors (Lipinski definition) is 3. The first-order valence-corrected chi connectivity index (χ1v) is 8.39. The van der Waals surface area contributed by atoms with E-state index in [0.29, 0.717) is 11.0 Å². The fourth-order valence-corrected chi connectivity index (χ4v) is 3.08. The van der Waals surface area contributed by atoms with E-state index in [2.05, 4.69) is 31.0 Å². The number of carbonyl (C=O) groups excluding carboxylic acids is 1. The maximum Gasteiger partial charge on any atom is 0.244 e. The molecule has 0 aliphatic rings. The molecule has 0 aromatic carbocycles. The number of hydrogen-bond acceptors (Lipinski definition) is 6. The molecule has 0 atom stereocenters. The van der Waals surface area contributed by atoms with Gasteiger partial charge < -0.3 is 15.8 Å². The van der Waals surface area contributed by atoms with Crippen molar-refractivity contribution >= 4 is 37.7 Å². The molecule has 0 bridgehead atoms. The number of aromatic nitrogens is 1. The van der Waals surface area contributed by atoms with E-state index in [1.807, 2.05) is 6.92 Å². The van der Waals surface area contributed by atoms with Crippen molar-refractivity contribution in [1.82, 2.24) is 9.71 Å². The molecule has 0 spiro atoms. The number of anilines is 1. The lowest BCUT2D eigenvalue weighted by Crippen LogP contribution is -2.29. The Labute approximate surface area is 131 Å². The smallest absolute Gasteiger partial charge is 0.244 e. The van der Waals surface area contributed by atoms with Crippen LogP contribution in [-0.4, -0.2) is 45.6 Å². The normalized spacial score (nSPS) is 11.3. The van der Waals surface area contributed by atoms with Crippen LogP contribution in [0.25, 0.3) is 0 Å². The molecule has 0 saturated carbocycles. The summed E-state index contributed by atoms with van der Waals surface area (Å²) in [6, 6.07) is 1.46. The van der Waals surface area contributed by atoms with Crippen molar-refractivity contribution in [3.8, 4) is 0 Å². The largest absolute Gasteiger partial charge is 0.370 e. The van der Waals surface area contributed by atoms with Gasteiger partial charge in [-0.2, -0.15) is 0 Å². The second-order valence-corrected chi connectivity index (χ2v) is 6.60. The number of primary amides is 1. The highest BCUT2D eigenvalue weighted by atomic mass is 79.9. The third-order valence-corrected chi connectivity index (χ3v) is 4.14. The summed E-state index contributed by atoms with van der Waals surface area (Å²) in [5, 5.41) is 2.88. The van der Waals surface area contributed by atoms with Crippen molar-refractivity contribution in [3.63, 3.8) is 0 Å². The molecule has 21 heavy (non-hydrogen) atoms. The Kier molecular flexibility index (Phi) is 7.02. The number of amides is 1. The Morgan fingerprint density at radius 1 is 1.52 bits per heavy atom. The Morgan fingerprint density at radius 3 is 2.86 bits per heavy atom. The highest BCUT2D eigenvalue weighted by molar-refractivity contribution is 9.10. The van der Waals surface area contributed by atoms with Gasteiger partial charge in [-0.05, 0) is 28.9 Å². The van der Waals surface area contributed by atoms with E-state index >= 15 is 0 Å². The number of sulfonamides is 1. The van der Waals surface area contributed by atoms with Gasteiger partial charge in [-0.3, -0.25) is 4.79 Å². The average molecular weight is 381 g/mol. The minimum Gasteiger partial charge on any atom is -0.370 e. The van der Waals surface area contributed by atoms with E-state index in [-0.39, 0.29) is 30.5 Å². The molecule has 118 valence electrons. The molecule has 1 aromatic heterocycles. The summed E-state index contributed by atoms with van der Waals surface area (Å²) in [7, 11) is -3.74. The van der Waals surface area contributed by atoms with Crippen LogP contribution in [0.3, 0.4) is 0 Å². The van der Waals surface area contributed by atoms with Gasteiger partial charge in [0.15, 0.2) is 0 Å². The molecule has 1 heterocycles. The summed E-state index contributed by atoms with van der Waals surface area (Å²) in [5.74, 6) is -0.338. The van der Waals surface area contributed by atoms with Crippen molar-refractivity contribution < 1.29 is 17.9 Å². The van der Waals surface area contributed by atoms with Crippen LogP contribution < -0.4 is 15.8 Å². The number of halogens is 1. The molecule has 0 fully saturated rings. The summed E-state index contributed by atoms with van der Waals surface area (Å²) < 4.78 is 32.2. The average Bonchev–Trinajstić information content (AvgIpc) is 2.40. The first kappa shape index (κ1) is 17.8. The van der Waals surface area contributed by atoms with Crippen LogP contribution in [0.4, 0.5) is 5.82 Å². The predicted molar refractivity (Wildman–Crippen MR) is 81.3 cm³/mol. The molecule has 8 nitrogen and oxygen atoms in total. The second-order valence-electron chi connectivity index (χ2n) is 3.95. The molecule has 0 aliphatic carbocycles. The Hall–Kier alpha value is -1.23. The van der Waals surface area contributed by atoms with Crippen LogP contribution >= 0.6 is 15.9 Å². The van der Waals surface area contributed by atoms with Gasteiger partial charge in [0.1, 0.15) is 17.3 Å². The van der Waals surface area contributed by atoms with Crippen LogP contribution in [0.2, 0.25) is 0 Å². The number of nitrogens with one attached hydrogen (secondary N) is 2. The zero-order valence-electron chi connectivity index (χ0n) is 11.4. The van der Waals surface area contributed by atoms with Crippen molar-refractivity contribution in [2.75, 3.05) is 31.6 Å². The van der Waals surface area contributed by atoms with Gasteiger partial charge in [0.2, 0.25) is 15.9 Å². The fraction of sp³-hybridized carbons (Fsp3) is 0.455. The third-order valence-electron chi connectivity index (χ3n) is 2.24. The highest BCUT2D eigenvalue weighted by Gasteiger charge is 2.19. The van der Waals surface area contributed by atoms with Crippen LogP contribution in [0.15, 0.2) is 21.6 Å². The highest BCUT2D eigenvalue weighted by Crippen LogP contribution is 2.22. The van der Waals surface area contributed by atoms with Crippen LogP contribution in [-0.2, 0) is 19.6 Å². The lowest BCUT2D eigenvalue weighted by atomic mass is 10.4. The topological polar surface area (TPSA) is 123 Å². The molecular weight excluding hydrogens is 364 g/mol. The number of nitrogens with two attached hydrogens (primary N) is 1. The number of rotatable bonds is 9. The molecule has 0 radical (unpaired) electrons. The zero-order valence-corrected chi connectivity index (χ0v) is 13.8. The van der Waals surface area contributed by atoms with Gasteiger partial charge >= 0.3 is 0 Å². The van der Waals surface area contributed by atoms with E-state index in [1.54, 1.807) is 0 Å². The molecule has 0 saturated heterocycles. The van der Waals surface area contributed by atoms with Gasteiger partial charge in [-0.25, -0.2) is 18.1 Å². The first-order valence-electron chi connectivity index (χ1n) is 6.12. The maximum absolute atomic E-state index is 12.2. The standard InChI is InChI=1S/C11H17BrN4O4S/c1-2-14-11-9(5-8(12)6-15-11)21(18,19)16-3-4-20-7-10(13)17/h5-6,16H,2-4,7H2,1H3,(H2,13,17)(H,14,15). The van der Waals surface area contributed by atoms with Gasteiger partial charge in [-0.1, -0.05) is 0 Å². The predicted octanol–water partition coefficient (Wildman–Crippen LogP) is 0.0561. The van der Waals surface area contributed by atoms with Gasteiger partial charge in [0, 0.05) is 23.8 Å². The monoisotopic (exact) mass is 380 g/mol. The summed E-state index contributed by atoms with van der Waals surface area (Å²) in [6.45, 7) is 2.20. The van der Waals surface area contributed by atoms with E-state index in [4.69, 9.17) is 10.5 Å². The lowest BCUT2D eigenvalue weighted by Gasteiger charge is -2.12. The zero-order chi connectivity index (χ0) is 15.9. The molecule has 0 unspecified atom stereocenters. The van der Waals surface area contributed by atoms with Gasteiger partial charge in [0.05, 0.1) is 6.61 Å². The summed E-state index contributed by atoms with van der Waals surface area (Å²) in [4.78, 5) is 14.5.